The Kier molecular flexibility index (Phi) is 3.20. The van der Waals surface area contributed by atoms with Gasteiger partial charge in [0.1, 0.15) is 11.6 Å². The summed E-state index contributed by atoms with van der Waals surface area (Å²) < 4.78 is 24.7. The van der Waals surface area contributed by atoms with Crippen LogP contribution in [0.4, 0.5) is 8.78 Å². The van der Waals surface area contributed by atoms with Gasteiger partial charge in [0.15, 0.2) is 0 Å². The van der Waals surface area contributed by atoms with Gasteiger partial charge in [-0.25, -0.2) is 8.78 Å². The molecule has 74 valence electrons. The highest BCUT2D eigenvalue weighted by Crippen LogP contribution is 2.23. The quantitative estimate of drug-likeness (QED) is 0.771. The zero-order chi connectivity index (χ0) is 10.7. The Morgan fingerprint density at radius 3 is 2.71 bits per heavy atom. The Hall–Kier alpha value is -1.41. The summed E-state index contributed by atoms with van der Waals surface area (Å²) in [6.45, 7) is 0. The van der Waals surface area contributed by atoms with Crippen LogP contribution in [-0.2, 0) is 5.88 Å². The number of rotatable bonds is 2. The van der Waals surface area contributed by atoms with Crippen molar-refractivity contribution in [2.24, 2.45) is 0 Å². The van der Waals surface area contributed by atoms with E-state index in [4.69, 9.17) is 16.9 Å². The van der Waals surface area contributed by atoms with Crippen molar-refractivity contribution in [2.45, 2.75) is 12.3 Å². The van der Waals surface area contributed by atoms with Crippen molar-refractivity contribution in [3.8, 4) is 6.07 Å². The summed E-state index contributed by atoms with van der Waals surface area (Å²) >= 11 is 5.39. The monoisotopic (exact) mass is 218 g/mol. The molecule has 0 fully saturated rings. The molecule has 1 aromatic rings. The van der Waals surface area contributed by atoms with Gasteiger partial charge in [-0.3, -0.25) is 4.79 Å². The van der Waals surface area contributed by atoms with Crippen molar-refractivity contribution in [3.63, 3.8) is 0 Å². The molecule has 6 heteroatoms. The summed E-state index contributed by atoms with van der Waals surface area (Å²) in [5, 5.41) is 8.56. The summed E-state index contributed by atoms with van der Waals surface area (Å²) in [6, 6.07) is 1.55. The van der Waals surface area contributed by atoms with Crippen molar-refractivity contribution in [1.82, 2.24) is 4.98 Å². The molecule has 1 rings (SSSR count). The maximum atomic E-state index is 12.4. The molecule has 0 aliphatic heterocycles. The van der Waals surface area contributed by atoms with E-state index >= 15 is 0 Å². The Morgan fingerprint density at radius 2 is 2.29 bits per heavy atom. The molecule has 0 atom stereocenters. The van der Waals surface area contributed by atoms with Crippen LogP contribution in [-0.4, -0.2) is 4.98 Å². The maximum absolute atomic E-state index is 12.4. The van der Waals surface area contributed by atoms with Crippen LogP contribution in [0, 0.1) is 11.3 Å². The fraction of sp³-hybridized carbons (Fsp3) is 0.250. The lowest BCUT2D eigenvalue weighted by Crippen LogP contribution is -2.14. The molecule has 0 saturated heterocycles. The number of hydrogen-bond acceptors (Lipinski definition) is 2. The van der Waals surface area contributed by atoms with Crippen LogP contribution < -0.4 is 5.56 Å². The van der Waals surface area contributed by atoms with E-state index in [1.807, 2.05) is 0 Å². The first-order chi connectivity index (χ1) is 6.61. The van der Waals surface area contributed by atoms with Crippen molar-refractivity contribution in [1.29, 1.82) is 5.26 Å². The van der Waals surface area contributed by atoms with Crippen LogP contribution >= 0.6 is 11.6 Å². The second-order valence-corrected chi connectivity index (χ2v) is 2.74. The number of alkyl halides is 3. The predicted molar refractivity (Wildman–Crippen MR) is 46.3 cm³/mol. The van der Waals surface area contributed by atoms with Gasteiger partial charge in [-0.1, -0.05) is 0 Å². The fourth-order valence-corrected chi connectivity index (χ4v) is 1.33. The first-order valence-corrected chi connectivity index (χ1v) is 4.14. The van der Waals surface area contributed by atoms with E-state index < -0.39 is 17.5 Å². The Morgan fingerprint density at radius 1 is 1.64 bits per heavy atom. The fourth-order valence-electron chi connectivity index (χ4n) is 1.04. The molecule has 3 nitrogen and oxygen atoms in total. The number of hydrogen-bond donors (Lipinski definition) is 1. The lowest BCUT2D eigenvalue weighted by atomic mass is 10.1. The van der Waals surface area contributed by atoms with E-state index in [1.165, 1.54) is 0 Å². The molecule has 1 aromatic heterocycles. The van der Waals surface area contributed by atoms with Gasteiger partial charge < -0.3 is 4.98 Å². The number of pyridine rings is 1. The van der Waals surface area contributed by atoms with E-state index in [1.54, 1.807) is 6.07 Å². The SMILES string of the molecule is N#Cc1c(CCl)c(C(F)F)c[nH]c1=O. The molecule has 0 spiro atoms. The van der Waals surface area contributed by atoms with Crippen molar-refractivity contribution < 1.29 is 8.78 Å². The largest absolute Gasteiger partial charge is 0.327 e. The number of nitrogens with zero attached hydrogens (tertiary/aromatic N) is 1. The van der Waals surface area contributed by atoms with Crippen LogP contribution in [0.2, 0.25) is 0 Å². The zero-order valence-electron chi connectivity index (χ0n) is 6.85. The van der Waals surface area contributed by atoms with Crippen LogP contribution in [0.1, 0.15) is 23.1 Å². The normalized spacial score (nSPS) is 10.2. The van der Waals surface area contributed by atoms with E-state index in [0.717, 1.165) is 6.20 Å². The molecule has 0 radical (unpaired) electrons. The van der Waals surface area contributed by atoms with Gasteiger partial charge in [-0.15, -0.1) is 11.6 Å². The minimum absolute atomic E-state index is 0.104. The zero-order valence-corrected chi connectivity index (χ0v) is 7.61. The summed E-state index contributed by atoms with van der Waals surface area (Å²) in [7, 11) is 0. The third kappa shape index (κ3) is 1.75. The molecule has 1 N–H and O–H groups in total. The number of aromatic amines is 1. The number of nitriles is 1. The minimum atomic E-state index is -2.76. The van der Waals surface area contributed by atoms with Gasteiger partial charge in [0.2, 0.25) is 0 Å². The Bertz CT molecular complexity index is 436. The van der Waals surface area contributed by atoms with E-state index in [2.05, 4.69) is 4.98 Å². The smallest absolute Gasteiger partial charge is 0.266 e. The second kappa shape index (κ2) is 4.20. The van der Waals surface area contributed by atoms with Gasteiger partial charge in [-0.05, 0) is 0 Å². The number of H-pyrrole nitrogens is 1. The second-order valence-electron chi connectivity index (χ2n) is 2.47. The molecule has 0 saturated carbocycles. The van der Waals surface area contributed by atoms with Crippen molar-refractivity contribution in [3.05, 3.63) is 33.2 Å². The van der Waals surface area contributed by atoms with Crippen LogP contribution in [0.5, 0.6) is 0 Å². The molecule has 14 heavy (non-hydrogen) atoms. The summed E-state index contributed by atoms with van der Waals surface area (Å²) in [5.41, 5.74) is -1.56. The average molecular weight is 219 g/mol. The predicted octanol–water partition coefficient (Wildman–Crippen LogP) is 1.92. The van der Waals surface area contributed by atoms with Gasteiger partial charge in [-0.2, -0.15) is 5.26 Å². The maximum Gasteiger partial charge on any atom is 0.266 e. The van der Waals surface area contributed by atoms with Gasteiger partial charge >= 0.3 is 0 Å². The molecular weight excluding hydrogens is 214 g/mol. The van der Waals surface area contributed by atoms with E-state index in [-0.39, 0.29) is 17.0 Å². The number of nitrogens with one attached hydrogen (secondary N) is 1. The molecular formula is C8H5ClF2N2O. The third-order valence-corrected chi connectivity index (χ3v) is 1.98. The third-order valence-electron chi connectivity index (χ3n) is 1.72. The van der Waals surface area contributed by atoms with Gasteiger partial charge in [0.25, 0.3) is 12.0 Å². The van der Waals surface area contributed by atoms with E-state index in [9.17, 15) is 13.6 Å². The molecule has 0 bridgehead atoms. The summed E-state index contributed by atoms with van der Waals surface area (Å²) in [4.78, 5) is 13.1. The highest BCUT2D eigenvalue weighted by Gasteiger charge is 2.17. The average Bonchev–Trinajstić information content (AvgIpc) is 2.16. The van der Waals surface area contributed by atoms with Crippen LogP contribution in [0.15, 0.2) is 11.0 Å². The molecule has 0 aromatic carbocycles. The van der Waals surface area contributed by atoms with Gasteiger partial charge in [0, 0.05) is 23.2 Å². The minimum Gasteiger partial charge on any atom is -0.327 e. The topological polar surface area (TPSA) is 56.6 Å². The van der Waals surface area contributed by atoms with Crippen LogP contribution in [0.3, 0.4) is 0 Å². The molecule has 0 unspecified atom stereocenters. The lowest BCUT2D eigenvalue weighted by Gasteiger charge is -2.06. The Balaban J connectivity index is 3.51. The van der Waals surface area contributed by atoms with Crippen molar-refractivity contribution in [2.75, 3.05) is 0 Å². The first kappa shape index (κ1) is 10.7. The highest BCUT2D eigenvalue weighted by atomic mass is 35.5. The highest BCUT2D eigenvalue weighted by molar-refractivity contribution is 6.17. The molecule has 1 heterocycles. The summed E-state index contributed by atoms with van der Waals surface area (Å²) in [5.74, 6) is -0.285. The number of aromatic nitrogens is 1. The molecule has 0 aliphatic carbocycles. The number of halogens is 3. The van der Waals surface area contributed by atoms with E-state index in [0.29, 0.717) is 0 Å². The molecule has 0 aliphatic rings. The lowest BCUT2D eigenvalue weighted by molar-refractivity contribution is 0.150. The standard InChI is InChI=1S/C8H5ClF2N2O/c9-1-4-5(2-12)8(14)13-3-6(4)7(10)11/h3,7H,1H2,(H,13,14). The van der Waals surface area contributed by atoms with Gasteiger partial charge in [0.05, 0.1) is 0 Å². The molecule has 0 amide bonds. The first-order valence-electron chi connectivity index (χ1n) is 3.60. The Labute approximate surface area is 82.9 Å². The van der Waals surface area contributed by atoms with Crippen molar-refractivity contribution >= 4 is 11.6 Å². The van der Waals surface area contributed by atoms with Crippen LogP contribution in [0.25, 0.3) is 0 Å². The summed E-state index contributed by atoms with van der Waals surface area (Å²) in [6.07, 6.45) is -1.88.